The number of anilines is 1. The zero-order chi connectivity index (χ0) is 24.2. The van der Waals surface area contributed by atoms with Gasteiger partial charge in [0, 0.05) is 37.6 Å². The number of aryl methyl sites for hydroxylation is 1. The highest BCUT2D eigenvalue weighted by Crippen LogP contribution is 2.30. The summed E-state index contributed by atoms with van der Waals surface area (Å²) in [5.74, 6) is 1.25. The number of piperidine rings is 1. The Hall–Kier alpha value is -3.80. The standard InChI is InChI=1S/C29H32N4O2/c1-3-26-28(33-18-15-25(35-2)19-27(33)31-26)29(34)30-20-21-9-11-24(12-10-21)32-16-13-23(14-17-32)22-7-5-4-6-8-22/h4-12,15,18-19,23H,3,13-14,16-17,20H2,1-2H3,(H,30,34). The molecule has 180 valence electrons. The fourth-order valence-corrected chi connectivity index (χ4v) is 4.98. The Morgan fingerprint density at radius 1 is 1.06 bits per heavy atom. The van der Waals surface area contributed by atoms with Crippen molar-refractivity contribution in [1.29, 1.82) is 0 Å². The molecule has 6 heteroatoms. The number of aromatic nitrogens is 2. The first kappa shape index (κ1) is 23.0. The molecular formula is C29H32N4O2. The van der Waals surface area contributed by atoms with Crippen molar-refractivity contribution < 1.29 is 9.53 Å². The first-order chi connectivity index (χ1) is 17.2. The number of nitrogens with one attached hydrogen (secondary N) is 1. The molecule has 4 aromatic rings. The lowest BCUT2D eigenvalue weighted by Gasteiger charge is -2.34. The van der Waals surface area contributed by atoms with Gasteiger partial charge in [-0.1, -0.05) is 49.4 Å². The van der Waals surface area contributed by atoms with Crippen molar-refractivity contribution in [3.63, 3.8) is 0 Å². The van der Waals surface area contributed by atoms with Gasteiger partial charge in [-0.2, -0.15) is 0 Å². The molecule has 35 heavy (non-hydrogen) atoms. The van der Waals surface area contributed by atoms with Crippen LogP contribution < -0.4 is 15.0 Å². The molecule has 0 spiro atoms. The van der Waals surface area contributed by atoms with Gasteiger partial charge in [-0.15, -0.1) is 0 Å². The van der Waals surface area contributed by atoms with Crippen molar-refractivity contribution >= 4 is 17.2 Å². The predicted octanol–water partition coefficient (Wildman–Crippen LogP) is 5.22. The normalized spacial score (nSPS) is 14.3. The van der Waals surface area contributed by atoms with Crippen molar-refractivity contribution in [3.05, 3.63) is 95.4 Å². The average molecular weight is 469 g/mol. The molecule has 2 aromatic heterocycles. The highest BCUT2D eigenvalue weighted by molar-refractivity contribution is 5.94. The summed E-state index contributed by atoms with van der Waals surface area (Å²) < 4.78 is 7.12. The summed E-state index contributed by atoms with van der Waals surface area (Å²) in [5.41, 5.74) is 5.86. The van der Waals surface area contributed by atoms with E-state index in [2.05, 4.69) is 69.8 Å². The van der Waals surface area contributed by atoms with Crippen LogP contribution in [-0.2, 0) is 13.0 Å². The molecule has 1 amide bonds. The SMILES string of the molecule is CCc1nc2cc(OC)ccn2c1C(=O)NCc1ccc(N2CCC(c3ccccc3)CC2)cc1. The number of amides is 1. The molecule has 1 fully saturated rings. The van der Waals surface area contributed by atoms with Gasteiger partial charge in [0.05, 0.1) is 12.8 Å². The molecule has 0 atom stereocenters. The third kappa shape index (κ3) is 4.87. The van der Waals surface area contributed by atoms with Gasteiger partial charge in [-0.25, -0.2) is 4.98 Å². The second kappa shape index (κ2) is 10.2. The number of hydrogen-bond donors (Lipinski definition) is 1. The van der Waals surface area contributed by atoms with E-state index in [1.165, 1.54) is 24.1 Å². The number of pyridine rings is 1. The minimum absolute atomic E-state index is 0.119. The third-order valence-electron chi connectivity index (χ3n) is 6.98. The van der Waals surface area contributed by atoms with E-state index >= 15 is 0 Å². The summed E-state index contributed by atoms with van der Waals surface area (Å²) in [6.07, 6.45) is 4.87. The molecule has 1 aliphatic rings. The van der Waals surface area contributed by atoms with E-state index in [9.17, 15) is 4.79 Å². The lowest BCUT2D eigenvalue weighted by atomic mass is 9.89. The quantitative estimate of drug-likeness (QED) is 0.404. The van der Waals surface area contributed by atoms with Crippen molar-refractivity contribution in [3.8, 4) is 5.75 Å². The number of nitrogens with zero attached hydrogens (tertiary/aromatic N) is 3. The second-order valence-corrected chi connectivity index (χ2v) is 9.08. The maximum absolute atomic E-state index is 13.1. The molecule has 6 nitrogen and oxygen atoms in total. The molecule has 1 N–H and O–H groups in total. The maximum atomic E-state index is 13.1. The zero-order valence-electron chi connectivity index (χ0n) is 20.4. The topological polar surface area (TPSA) is 58.9 Å². The van der Waals surface area contributed by atoms with E-state index in [-0.39, 0.29) is 5.91 Å². The number of imidazole rings is 1. The van der Waals surface area contributed by atoms with Crippen molar-refractivity contribution in [1.82, 2.24) is 14.7 Å². The first-order valence-corrected chi connectivity index (χ1v) is 12.4. The lowest BCUT2D eigenvalue weighted by Crippen LogP contribution is -2.32. The van der Waals surface area contributed by atoms with E-state index < -0.39 is 0 Å². The van der Waals surface area contributed by atoms with Crippen LogP contribution in [0.2, 0.25) is 0 Å². The predicted molar refractivity (Wildman–Crippen MR) is 139 cm³/mol. The van der Waals surface area contributed by atoms with Gasteiger partial charge in [-0.05, 0) is 54.5 Å². The fourth-order valence-electron chi connectivity index (χ4n) is 4.98. The molecule has 5 rings (SSSR count). The van der Waals surface area contributed by atoms with Gasteiger partial charge in [-0.3, -0.25) is 9.20 Å². The fraction of sp³-hybridized carbons (Fsp3) is 0.310. The summed E-state index contributed by atoms with van der Waals surface area (Å²) in [6.45, 7) is 4.61. The lowest BCUT2D eigenvalue weighted by molar-refractivity contribution is 0.0944. The molecule has 0 unspecified atom stereocenters. The van der Waals surface area contributed by atoms with Crippen LogP contribution in [0, 0.1) is 0 Å². The highest BCUT2D eigenvalue weighted by atomic mass is 16.5. The number of fused-ring (bicyclic) bond motifs is 1. The molecule has 0 radical (unpaired) electrons. The number of methoxy groups -OCH3 is 1. The van der Waals surface area contributed by atoms with Gasteiger partial charge >= 0.3 is 0 Å². The number of rotatable bonds is 7. The number of benzene rings is 2. The molecule has 0 bridgehead atoms. The maximum Gasteiger partial charge on any atom is 0.270 e. The molecule has 0 saturated carbocycles. The third-order valence-corrected chi connectivity index (χ3v) is 6.98. The Morgan fingerprint density at radius 3 is 2.49 bits per heavy atom. The first-order valence-electron chi connectivity index (χ1n) is 12.4. The van der Waals surface area contributed by atoms with Crippen LogP contribution in [-0.4, -0.2) is 35.5 Å². The largest absolute Gasteiger partial charge is 0.497 e. The molecule has 2 aromatic carbocycles. The van der Waals surface area contributed by atoms with Crippen LogP contribution >= 0.6 is 0 Å². The van der Waals surface area contributed by atoms with E-state index in [0.29, 0.717) is 30.2 Å². The molecule has 0 aliphatic carbocycles. The van der Waals surface area contributed by atoms with Gasteiger partial charge in [0.2, 0.25) is 0 Å². The van der Waals surface area contributed by atoms with E-state index in [4.69, 9.17) is 4.74 Å². The van der Waals surface area contributed by atoms with Crippen LogP contribution in [0.5, 0.6) is 5.75 Å². The molecule has 1 saturated heterocycles. The summed E-state index contributed by atoms with van der Waals surface area (Å²) in [5, 5.41) is 3.08. The summed E-state index contributed by atoms with van der Waals surface area (Å²) in [6, 6.07) is 23.1. The van der Waals surface area contributed by atoms with Crippen LogP contribution in [0.3, 0.4) is 0 Å². The van der Waals surface area contributed by atoms with Crippen LogP contribution in [0.15, 0.2) is 72.9 Å². The Labute approximate surface area is 206 Å². The minimum atomic E-state index is -0.119. The van der Waals surface area contributed by atoms with Crippen LogP contribution in [0.1, 0.15) is 53.0 Å². The number of ether oxygens (including phenoxy) is 1. The van der Waals surface area contributed by atoms with E-state index in [1.54, 1.807) is 7.11 Å². The van der Waals surface area contributed by atoms with Crippen molar-refractivity contribution in [2.24, 2.45) is 0 Å². The summed E-state index contributed by atoms with van der Waals surface area (Å²) in [7, 11) is 1.63. The molecule has 1 aliphatic heterocycles. The van der Waals surface area contributed by atoms with E-state index in [0.717, 1.165) is 30.1 Å². The number of carbonyl (C=O) groups excluding carboxylic acids is 1. The monoisotopic (exact) mass is 468 g/mol. The Kier molecular flexibility index (Phi) is 6.70. The number of hydrogen-bond acceptors (Lipinski definition) is 4. The van der Waals surface area contributed by atoms with Crippen LogP contribution in [0.25, 0.3) is 5.65 Å². The second-order valence-electron chi connectivity index (χ2n) is 9.08. The van der Waals surface area contributed by atoms with Crippen LogP contribution in [0.4, 0.5) is 5.69 Å². The minimum Gasteiger partial charge on any atom is -0.497 e. The number of carbonyl (C=O) groups is 1. The average Bonchev–Trinajstić information content (AvgIpc) is 3.30. The Bertz CT molecular complexity index is 1290. The van der Waals surface area contributed by atoms with Crippen molar-refractivity contribution in [2.75, 3.05) is 25.1 Å². The Balaban J connectivity index is 1.20. The van der Waals surface area contributed by atoms with E-state index in [1.807, 2.05) is 29.7 Å². The summed E-state index contributed by atoms with van der Waals surface area (Å²) in [4.78, 5) is 20.2. The zero-order valence-corrected chi connectivity index (χ0v) is 20.4. The van der Waals surface area contributed by atoms with Gasteiger partial charge in [0.15, 0.2) is 0 Å². The van der Waals surface area contributed by atoms with Gasteiger partial charge in [0.1, 0.15) is 17.1 Å². The smallest absolute Gasteiger partial charge is 0.270 e. The van der Waals surface area contributed by atoms with Crippen molar-refractivity contribution in [2.45, 2.75) is 38.6 Å². The molecular weight excluding hydrogens is 436 g/mol. The van der Waals surface area contributed by atoms with Gasteiger partial charge in [0.25, 0.3) is 5.91 Å². The van der Waals surface area contributed by atoms with Gasteiger partial charge < -0.3 is 15.0 Å². The molecule has 3 heterocycles. The Morgan fingerprint density at radius 2 is 1.80 bits per heavy atom. The summed E-state index contributed by atoms with van der Waals surface area (Å²) >= 11 is 0. The highest BCUT2D eigenvalue weighted by Gasteiger charge is 2.21.